The molecular weight excluding hydrogens is 410 g/mol. The van der Waals surface area contributed by atoms with Crippen LogP contribution in [0, 0.1) is 5.92 Å². The number of imidazole rings is 1. The van der Waals surface area contributed by atoms with E-state index in [4.69, 9.17) is 0 Å². The number of amides is 1. The van der Waals surface area contributed by atoms with Crippen molar-refractivity contribution in [3.05, 3.63) is 36.5 Å². The summed E-state index contributed by atoms with van der Waals surface area (Å²) in [4.78, 5) is 23.1. The largest absolute Gasteiger partial charge is 0.336 e. The van der Waals surface area contributed by atoms with E-state index >= 15 is 0 Å². The molecule has 1 amide bonds. The van der Waals surface area contributed by atoms with E-state index < -0.39 is 10.0 Å². The average molecular weight is 436 g/mol. The van der Waals surface area contributed by atoms with Gasteiger partial charge in [-0.15, -0.1) is 0 Å². The second-order valence-corrected chi connectivity index (χ2v) is 10.7. The summed E-state index contributed by atoms with van der Waals surface area (Å²) in [5.41, 5.74) is 0.373. The molecule has 1 atom stereocenters. The molecule has 2 aliphatic heterocycles. The molecule has 4 rings (SSSR count). The van der Waals surface area contributed by atoms with Crippen LogP contribution in [0.15, 0.2) is 35.7 Å². The fraction of sp³-hybridized carbons (Fsp3) is 0.526. The lowest BCUT2D eigenvalue weighted by Crippen LogP contribution is -2.39. The highest BCUT2D eigenvalue weighted by Gasteiger charge is 2.29. The standard InChI is InChI=1S/C19H25N5O3S2/c1-15-3-2-6-24(12-15)29(26,27)16-4-5-18(20-11-16)23-13-17(21-14-23)19(25)22-7-9-28-10-8-22/h4-5,11,13-15H,2-3,6-10,12H2,1H3. The lowest BCUT2D eigenvalue weighted by molar-refractivity contribution is 0.0767. The highest BCUT2D eigenvalue weighted by Crippen LogP contribution is 2.23. The van der Waals surface area contributed by atoms with Crippen LogP contribution in [0.25, 0.3) is 5.82 Å². The van der Waals surface area contributed by atoms with Crippen LogP contribution in [0.4, 0.5) is 0 Å². The highest BCUT2D eigenvalue weighted by molar-refractivity contribution is 7.99. The molecule has 2 saturated heterocycles. The van der Waals surface area contributed by atoms with Gasteiger partial charge in [0, 0.05) is 50.1 Å². The Hall–Kier alpha value is -1.91. The topological polar surface area (TPSA) is 88.4 Å². The minimum absolute atomic E-state index is 0.0810. The summed E-state index contributed by atoms with van der Waals surface area (Å²) in [5.74, 6) is 2.70. The number of hydrogen-bond acceptors (Lipinski definition) is 6. The lowest BCUT2D eigenvalue weighted by Gasteiger charge is -2.29. The zero-order valence-electron chi connectivity index (χ0n) is 16.4. The van der Waals surface area contributed by atoms with Crippen molar-refractivity contribution >= 4 is 27.7 Å². The Balaban J connectivity index is 1.49. The van der Waals surface area contributed by atoms with Gasteiger partial charge in [0.05, 0.1) is 0 Å². The van der Waals surface area contributed by atoms with E-state index in [1.54, 1.807) is 27.2 Å². The number of sulfonamides is 1. The van der Waals surface area contributed by atoms with E-state index in [1.165, 1.54) is 12.5 Å². The number of aromatic nitrogens is 3. The molecule has 0 bridgehead atoms. The molecule has 0 saturated carbocycles. The minimum atomic E-state index is -3.53. The summed E-state index contributed by atoms with van der Waals surface area (Å²) in [6, 6.07) is 3.22. The Morgan fingerprint density at radius 3 is 2.66 bits per heavy atom. The van der Waals surface area contributed by atoms with Crippen LogP contribution in [0.5, 0.6) is 0 Å². The Morgan fingerprint density at radius 2 is 1.97 bits per heavy atom. The van der Waals surface area contributed by atoms with Crippen molar-refractivity contribution in [2.75, 3.05) is 37.7 Å². The van der Waals surface area contributed by atoms with Gasteiger partial charge in [-0.1, -0.05) is 6.92 Å². The summed E-state index contributed by atoms with van der Waals surface area (Å²) in [6.07, 6.45) is 6.50. The van der Waals surface area contributed by atoms with Crippen molar-refractivity contribution in [3.63, 3.8) is 0 Å². The fourth-order valence-corrected chi connectivity index (χ4v) is 6.13. The molecule has 29 heavy (non-hydrogen) atoms. The molecule has 4 heterocycles. The van der Waals surface area contributed by atoms with Crippen LogP contribution in [0.2, 0.25) is 0 Å². The number of carbonyl (C=O) groups is 1. The zero-order chi connectivity index (χ0) is 20.4. The Labute approximate surface area is 175 Å². The monoisotopic (exact) mass is 435 g/mol. The van der Waals surface area contributed by atoms with E-state index in [1.807, 2.05) is 16.7 Å². The first kappa shape index (κ1) is 20.4. The fourth-order valence-electron chi connectivity index (χ4n) is 3.68. The lowest BCUT2D eigenvalue weighted by atomic mass is 10.0. The van der Waals surface area contributed by atoms with Crippen LogP contribution in [0.1, 0.15) is 30.3 Å². The summed E-state index contributed by atoms with van der Waals surface area (Å²) in [7, 11) is -3.53. The van der Waals surface area contributed by atoms with Gasteiger partial charge in [-0.2, -0.15) is 16.1 Å². The first-order chi connectivity index (χ1) is 13.9. The molecule has 2 aliphatic rings. The first-order valence-electron chi connectivity index (χ1n) is 9.83. The van der Waals surface area contributed by atoms with Crippen molar-refractivity contribution in [1.82, 2.24) is 23.7 Å². The average Bonchev–Trinajstić information content (AvgIpc) is 3.24. The Bertz CT molecular complexity index is 968. The van der Waals surface area contributed by atoms with Gasteiger partial charge in [0.15, 0.2) is 0 Å². The maximum Gasteiger partial charge on any atom is 0.274 e. The second-order valence-electron chi connectivity index (χ2n) is 7.53. The van der Waals surface area contributed by atoms with Crippen molar-refractivity contribution < 1.29 is 13.2 Å². The van der Waals surface area contributed by atoms with Crippen LogP contribution in [-0.4, -0.2) is 75.7 Å². The number of hydrogen-bond donors (Lipinski definition) is 0. The van der Waals surface area contributed by atoms with Crippen molar-refractivity contribution in [3.8, 4) is 5.82 Å². The molecule has 0 spiro atoms. The quantitative estimate of drug-likeness (QED) is 0.729. The molecular formula is C19H25N5O3S2. The van der Waals surface area contributed by atoms with E-state index in [0.717, 1.165) is 37.4 Å². The molecule has 0 radical (unpaired) electrons. The van der Waals surface area contributed by atoms with Crippen molar-refractivity contribution in [2.45, 2.75) is 24.7 Å². The molecule has 10 heteroatoms. The predicted molar refractivity (Wildman–Crippen MR) is 112 cm³/mol. The molecule has 0 aliphatic carbocycles. The predicted octanol–water partition coefficient (Wildman–Crippen LogP) is 1.88. The molecule has 0 aromatic carbocycles. The maximum absolute atomic E-state index is 12.9. The smallest absolute Gasteiger partial charge is 0.274 e. The molecule has 2 aromatic rings. The third kappa shape index (κ3) is 4.34. The number of rotatable bonds is 4. The normalized spacial score (nSPS) is 21.3. The third-order valence-electron chi connectivity index (χ3n) is 5.34. The van der Waals surface area contributed by atoms with Crippen LogP contribution < -0.4 is 0 Å². The SMILES string of the molecule is CC1CCCN(S(=O)(=O)c2ccc(-n3cnc(C(=O)N4CCSCC4)c3)nc2)C1. The van der Waals surface area contributed by atoms with Gasteiger partial charge >= 0.3 is 0 Å². The molecule has 2 aromatic heterocycles. The number of pyridine rings is 1. The Morgan fingerprint density at radius 1 is 1.17 bits per heavy atom. The van der Waals surface area contributed by atoms with E-state index in [2.05, 4.69) is 16.9 Å². The number of thioether (sulfide) groups is 1. The van der Waals surface area contributed by atoms with Gasteiger partial charge in [-0.25, -0.2) is 18.4 Å². The van der Waals surface area contributed by atoms with E-state index in [9.17, 15) is 13.2 Å². The Kier molecular flexibility index (Phi) is 5.93. The van der Waals surface area contributed by atoms with Crippen LogP contribution in [-0.2, 0) is 10.0 Å². The first-order valence-corrected chi connectivity index (χ1v) is 12.4. The van der Waals surface area contributed by atoms with Crippen molar-refractivity contribution in [2.24, 2.45) is 5.92 Å². The maximum atomic E-state index is 12.9. The minimum Gasteiger partial charge on any atom is -0.336 e. The third-order valence-corrected chi connectivity index (χ3v) is 8.13. The second kappa shape index (κ2) is 8.45. The van der Waals surface area contributed by atoms with Gasteiger partial charge in [0.1, 0.15) is 22.7 Å². The van der Waals surface area contributed by atoms with Gasteiger partial charge in [-0.05, 0) is 30.9 Å². The van der Waals surface area contributed by atoms with Crippen LogP contribution in [0.3, 0.4) is 0 Å². The molecule has 0 N–H and O–H groups in total. The molecule has 2 fully saturated rings. The van der Waals surface area contributed by atoms with Gasteiger partial charge in [-0.3, -0.25) is 9.36 Å². The summed E-state index contributed by atoms with van der Waals surface area (Å²) >= 11 is 1.84. The summed E-state index contributed by atoms with van der Waals surface area (Å²) < 4.78 is 28.9. The summed E-state index contributed by atoms with van der Waals surface area (Å²) in [5, 5.41) is 0. The summed E-state index contributed by atoms with van der Waals surface area (Å²) in [6.45, 7) is 4.64. The number of piperidine rings is 1. The number of nitrogens with zero attached hydrogens (tertiary/aromatic N) is 5. The number of carbonyl (C=O) groups excluding carboxylic acids is 1. The van der Waals surface area contributed by atoms with Gasteiger partial charge in [0.2, 0.25) is 10.0 Å². The van der Waals surface area contributed by atoms with E-state index in [-0.39, 0.29) is 10.8 Å². The molecule has 156 valence electrons. The van der Waals surface area contributed by atoms with Gasteiger partial charge < -0.3 is 4.90 Å². The zero-order valence-corrected chi connectivity index (χ0v) is 18.0. The van der Waals surface area contributed by atoms with Crippen molar-refractivity contribution in [1.29, 1.82) is 0 Å². The molecule has 1 unspecified atom stereocenters. The van der Waals surface area contributed by atoms with Crippen LogP contribution >= 0.6 is 11.8 Å². The molecule has 8 nitrogen and oxygen atoms in total. The highest BCUT2D eigenvalue weighted by atomic mass is 32.2. The van der Waals surface area contributed by atoms with E-state index in [0.29, 0.717) is 30.5 Å². The van der Waals surface area contributed by atoms with Gasteiger partial charge in [0.25, 0.3) is 5.91 Å².